The number of ether oxygens (including phenoxy) is 4. The van der Waals surface area contributed by atoms with Crippen LogP contribution in [0.3, 0.4) is 0 Å². The van der Waals surface area contributed by atoms with Gasteiger partial charge in [-0.25, -0.2) is 4.79 Å². The predicted molar refractivity (Wildman–Crippen MR) is 163 cm³/mol. The smallest absolute Gasteiger partial charge is 0.341 e. The van der Waals surface area contributed by atoms with Crippen molar-refractivity contribution in [3.63, 3.8) is 0 Å². The number of esters is 3. The number of hydrogen-bond donors (Lipinski definition) is 2. The fourth-order valence-electron chi connectivity index (χ4n) is 7.75. The van der Waals surface area contributed by atoms with Gasteiger partial charge >= 0.3 is 17.9 Å². The van der Waals surface area contributed by atoms with Crippen LogP contribution in [-0.4, -0.2) is 69.0 Å². The van der Waals surface area contributed by atoms with E-state index in [1.54, 1.807) is 6.92 Å². The summed E-state index contributed by atoms with van der Waals surface area (Å²) >= 11 is 0. The summed E-state index contributed by atoms with van der Waals surface area (Å²) in [5.74, 6) is -4.03. The van der Waals surface area contributed by atoms with Crippen LogP contribution >= 0.6 is 0 Å². The lowest BCUT2D eigenvalue weighted by Crippen LogP contribution is -2.64. The zero-order chi connectivity index (χ0) is 33.8. The third-order valence-electron chi connectivity index (χ3n) is 9.47. The molecule has 45 heavy (non-hydrogen) atoms. The highest BCUT2D eigenvalue weighted by Crippen LogP contribution is 2.56. The van der Waals surface area contributed by atoms with Crippen LogP contribution in [-0.2, 0) is 44.7 Å². The van der Waals surface area contributed by atoms with E-state index < -0.39 is 64.7 Å². The molecule has 2 N–H and O–H groups in total. The van der Waals surface area contributed by atoms with Crippen LogP contribution in [0.25, 0.3) is 0 Å². The highest BCUT2D eigenvalue weighted by atomic mass is 16.6. The molecule has 0 bridgehead atoms. The molecule has 1 aromatic carbocycles. The summed E-state index contributed by atoms with van der Waals surface area (Å²) in [6.45, 7) is 16.0. The standard InChI is InChI=1S/C35H48O10/c1-20-25-26(28(27(20)38)43-24(37)15-16-32(6,7)19-31(3,4)5)33(8,45-21(2)36)17-23(42-18-22-13-11-10-12-14-22)35(41)29(25)44-30(39)34(35,9)40/h10-14,23,26,28-29,40-41H,15-19H2,1-9H3/t23-,26-,28+,29+,33+,34-,35-/m1/s1. The van der Waals surface area contributed by atoms with Gasteiger partial charge in [0.25, 0.3) is 0 Å². The third-order valence-corrected chi connectivity index (χ3v) is 9.47. The molecule has 4 rings (SSSR count). The van der Waals surface area contributed by atoms with Crippen LogP contribution in [0.4, 0.5) is 0 Å². The maximum Gasteiger partial charge on any atom is 0.341 e. The van der Waals surface area contributed by atoms with Crippen molar-refractivity contribution < 1.29 is 48.3 Å². The van der Waals surface area contributed by atoms with Crippen molar-refractivity contribution in [3.05, 3.63) is 47.0 Å². The van der Waals surface area contributed by atoms with E-state index in [-0.39, 0.29) is 41.4 Å². The van der Waals surface area contributed by atoms with Gasteiger partial charge in [0.15, 0.2) is 29.2 Å². The minimum Gasteiger partial charge on any atom is -0.459 e. The van der Waals surface area contributed by atoms with Crippen LogP contribution in [0.2, 0.25) is 0 Å². The molecule has 0 radical (unpaired) electrons. The normalized spacial score (nSPS) is 33.3. The summed E-state index contributed by atoms with van der Waals surface area (Å²) in [7, 11) is 0. The van der Waals surface area contributed by atoms with E-state index in [1.165, 1.54) is 13.8 Å². The molecule has 10 nitrogen and oxygen atoms in total. The van der Waals surface area contributed by atoms with E-state index in [0.29, 0.717) is 6.42 Å². The first kappa shape index (κ1) is 34.8. The fourth-order valence-corrected chi connectivity index (χ4v) is 7.75. The first-order valence-corrected chi connectivity index (χ1v) is 15.6. The molecule has 1 aliphatic heterocycles. The molecule has 3 aliphatic rings. The highest BCUT2D eigenvalue weighted by molar-refractivity contribution is 6.04. The van der Waals surface area contributed by atoms with Crippen LogP contribution in [0, 0.1) is 16.7 Å². The number of fused-ring (bicyclic) bond motifs is 3. The monoisotopic (exact) mass is 628 g/mol. The number of carbonyl (C=O) groups is 4. The number of aliphatic hydroxyl groups is 2. The number of rotatable bonds is 9. The van der Waals surface area contributed by atoms with E-state index in [4.69, 9.17) is 18.9 Å². The lowest BCUT2D eigenvalue weighted by atomic mass is 9.74. The van der Waals surface area contributed by atoms with Crippen molar-refractivity contribution in [1.29, 1.82) is 0 Å². The summed E-state index contributed by atoms with van der Waals surface area (Å²) in [5.41, 5.74) is -5.55. The number of Topliss-reactive ketones (excluding diaryl/α,β-unsaturated/α-hetero) is 1. The number of ketones is 1. The maximum absolute atomic E-state index is 13.8. The van der Waals surface area contributed by atoms with Crippen molar-refractivity contribution in [3.8, 4) is 0 Å². The van der Waals surface area contributed by atoms with Gasteiger partial charge < -0.3 is 29.2 Å². The summed E-state index contributed by atoms with van der Waals surface area (Å²) < 4.78 is 23.7. The van der Waals surface area contributed by atoms with E-state index in [0.717, 1.165) is 18.9 Å². The topological polar surface area (TPSA) is 146 Å². The summed E-state index contributed by atoms with van der Waals surface area (Å²) in [4.78, 5) is 52.8. The van der Waals surface area contributed by atoms with Gasteiger partial charge in [-0.1, -0.05) is 65.0 Å². The van der Waals surface area contributed by atoms with Crippen LogP contribution in [0.15, 0.2) is 41.5 Å². The molecule has 1 saturated carbocycles. The van der Waals surface area contributed by atoms with Gasteiger partial charge in [0, 0.05) is 19.8 Å². The highest BCUT2D eigenvalue weighted by Gasteiger charge is 2.75. The molecule has 1 heterocycles. The molecular formula is C35H48O10. The Bertz CT molecular complexity index is 1370. The Hall–Kier alpha value is -3.08. The molecular weight excluding hydrogens is 580 g/mol. The first-order valence-electron chi connectivity index (χ1n) is 15.6. The van der Waals surface area contributed by atoms with Crippen molar-refractivity contribution in [1.82, 2.24) is 0 Å². The summed E-state index contributed by atoms with van der Waals surface area (Å²) in [6.07, 6.45) is -3.08. The molecule has 0 spiro atoms. The zero-order valence-electron chi connectivity index (χ0n) is 27.9. The average molecular weight is 629 g/mol. The minimum absolute atomic E-state index is 0.00858. The largest absolute Gasteiger partial charge is 0.459 e. The minimum atomic E-state index is -2.45. The maximum atomic E-state index is 13.8. The average Bonchev–Trinajstić information content (AvgIpc) is 3.22. The SMILES string of the molecule is CC(=O)O[C@@]1(C)C[C@@H](OCc2ccccc2)[C@@]2(O)[C@@H](OC(=O)[C@@]2(C)O)C2=C(C)C(=O)[C@@H](OC(=O)CCC(C)(C)CC(C)(C)C)[C@@H]21. The van der Waals surface area contributed by atoms with E-state index in [1.807, 2.05) is 30.3 Å². The van der Waals surface area contributed by atoms with Crippen molar-refractivity contribution in [2.24, 2.45) is 16.7 Å². The molecule has 1 saturated heterocycles. The third kappa shape index (κ3) is 6.60. The number of hydrogen-bond acceptors (Lipinski definition) is 10. The lowest BCUT2D eigenvalue weighted by molar-refractivity contribution is -0.211. The van der Waals surface area contributed by atoms with Crippen molar-refractivity contribution in [2.75, 3.05) is 0 Å². The Morgan fingerprint density at radius 3 is 2.24 bits per heavy atom. The predicted octanol–water partition coefficient (Wildman–Crippen LogP) is 4.37. The van der Waals surface area contributed by atoms with Gasteiger partial charge in [0.2, 0.25) is 0 Å². The quantitative estimate of drug-likeness (QED) is 0.299. The summed E-state index contributed by atoms with van der Waals surface area (Å²) in [6, 6.07) is 9.10. The van der Waals surface area contributed by atoms with E-state index in [2.05, 4.69) is 34.6 Å². The second-order valence-electron chi connectivity index (χ2n) is 15.3. The van der Waals surface area contributed by atoms with Crippen molar-refractivity contribution in [2.45, 2.75) is 130 Å². The zero-order valence-corrected chi connectivity index (χ0v) is 27.9. The molecule has 7 atom stereocenters. The molecule has 0 amide bonds. The molecule has 10 heteroatoms. The molecule has 0 aromatic heterocycles. The molecule has 1 aromatic rings. The first-order chi connectivity index (χ1) is 20.6. The van der Waals surface area contributed by atoms with Crippen LogP contribution in [0.5, 0.6) is 0 Å². The van der Waals surface area contributed by atoms with Gasteiger partial charge in [-0.3, -0.25) is 14.4 Å². The Morgan fingerprint density at radius 1 is 1.04 bits per heavy atom. The van der Waals surface area contributed by atoms with Gasteiger partial charge in [-0.2, -0.15) is 0 Å². The Balaban J connectivity index is 1.74. The van der Waals surface area contributed by atoms with Crippen LogP contribution < -0.4 is 0 Å². The Kier molecular flexibility index (Phi) is 9.23. The Labute approximate surface area is 265 Å². The van der Waals surface area contributed by atoms with Crippen LogP contribution in [0.1, 0.15) is 93.6 Å². The molecule has 2 aliphatic carbocycles. The van der Waals surface area contributed by atoms with Gasteiger partial charge in [-0.15, -0.1) is 0 Å². The van der Waals surface area contributed by atoms with E-state index >= 15 is 0 Å². The van der Waals surface area contributed by atoms with E-state index in [9.17, 15) is 29.4 Å². The van der Waals surface area contributed by atoms with Gasteiger partial charge in [-0.05, 0) is 61.2 Å². The number of carbonyl (C=O) groups excluding carboxylic acids is 4. The molecule has 0 unspecified atom stereocenters. The summed E-state index contributed by atoms with van der Waals surface area (Å²) in [5, 5.41) is 23.8. The second kappa shape index (κ2) is 11.9. The number of benzene rings is 1. The lowest BCUT2D eigenvalue weighted by Gasteiger charge is -2.41. The molecule has 2 fully saturated rings. The van der Waals surface area contributed by atoms with Gasteiger partial charge in [0.1, 0.15) is 5.60 Å². The van der Waals surface area contributed by atoms with Crippen molar-refractivity contribution >= 4 is 23.7 Å². The second-order valence-corrected chi connectivity index (χ2v) is 15.3. The fraction of sp³-hybridized carbons (Fsp3) is 0.657. The molecule has 248 valence electrons. The Morgan fingerprint density at radius 2 is 1.67 bits per heavy atom. The van der Waals surface area contributed by atoms with Gasteiger partial charge in [0.05, 0.1) is 18.6 Å².